The third-order valence-corrected chi connectivity index (χ3v) is 3.04. The van der Waals surface area contributed by atoms with Gasteiger partial charge in [0.05, 0.1) is 5.69 Å². The molecule has 0 radical (unpaired) electrons. The first-order chi connectivity index (χ1) is 8.72. The number of pyridine rings is 1. The molecule has 2 nitrogen and oxygen atoms in total. The Hall–Kier alpha value is -1.87. The molecule has 0 unspecified atom stereocenters. The van der Waals surface area contributed by atoms with E-state index in [1.165, 1.54) is 6.07 Å². The summed E-state index contributed by atoms with van der Waals surface area (Å²) in [6.45, 7) is 0. The van der Waals surface area contributed by atoms with E-state index in [-0.39, 0.29) is 5.82 Å². The van der Waals surface area contributed by atoms with E-state index in [0.717, 1.165) is 11.3 Å². The van der Waals surface area contributed by atoms with Crippen LogP contribution in [0.1, 0.15) is 11.3 Å². The average Bonchev–Trinajstić information content (AvgIpc) is 2.73. The fourth-order valence-corrected chi connectivity index (χ4v) is 2.09. The summed E-state index contributed by atoms with van der Waals surface area (Å²) in [7, 11) is 0. The summed E-state index contributed by atoms with van der Waals surface area (Å²) in [6, 6.07) is 10.3. The summed E-state index contributed by atoms with van der Waals surface area (Å²) in [5.41, 5.74) is 2.24. The molecule has 0 spiro atoms. The maximum Gasteiger partial charge on any atom is 0.138 e. The van der Waals surface area contributed by atoms with Crippen molar-refractivity contribution in [2.24, 2.45) is 0 Å². The summed E-state index contributed by atoms with van der Waals surface area (Å²) in [5.74, 6) is -0.201. The van der Waals surface area contributed by atoms with Gasteiger partial charge in [0, 0.05) is 23.8 Å². The lowest BCUT2D eigenvalue weighted by Gasteiger charge is -1.98. The monoisotopic (exact) mass is 260 g/mol. The van der Waals surface area contributed by atoms with Crippen LogP contribution in [-0.2, 0) is 6.42 Å². The Bertz CT molecular complexity index is 706. The van der Waals surface area contributed by atoms with Crippen LogP contribution in [0.4, 0.5) is 4.39 Å². The molecule has 90 valence electrons. The van der Waals surface area contributed by atoms with Crippen LogP contribution < -0.4 is 0 Å². The maximum atomic E-state index is 13.5. The number of aromatic nitrogens is 2. The van der Waals surface area contributed by atoms with Crippen molar-refractivity contribution in [2.45, 2.75) is 6.42 Å². The second kappa shape index (κ2) is 4.42. The van der Waals surface area contributed by atoms with Crippen LogP contribution in [0.2, 0.25) is 5.02 Å². The molecule has 0 aliphatic carbocycles. The predicted octanol–water partition coefficient (Wildman–Crippen LogP) is 3.72. The highest BCUT2D eigenvalue weighted by Crippen LogP contribution is 2.16. The lowest BCUT2D eigenvalue weighted by atomic mass is 10.1. The molecule has 0 N–H and O–H groups in total. The largest absolute Gasteiger partial charge is 0.307 e. The van der Waals surface area contributed by atoms with E-state index in [2.05, 4.69) is 4.98 Å². The topological polar surface area (TPSA) is 17.3 Å². The van der Waals surface area contributed by atoms with Crippen LogP contribution >= 0.6 is 11.6 Å². The standard InChI is InChI=1S/C14H10ClFN2/c15-11-5-6-18-9-12(17-14(18)8-11)7-10-3-1-2-4-13(10)16/h1-6,8-9H,7H2. The van der Waals surface area contributed by atoms with Crippen LogP contribution in [0.5, 0.6) is 0 Å². The number of fused-ring (bicyclic) bond motifs is 1. The van der Waals surface area contributed by atoms with Gasteiger partial charge in [0.1, 0.15) is 11.5 Å². The summed E-state index contributed by atoms with van der Waals surface area (Å²) >= 11 is 5.90. The quantitative estimate of drug-likeness (QED) is 0.686. The number of hydrogen-bond acceptors (Lipinski definition) is 1. The molecule has 0 saturated heterocycles. The van der Waals surface area contributed by atoms with E-state index in [1.807, 2.05) is 22.9 Å². The van der Waals surface area contributed by atoms with Gasteiger partial charge in [0.15, 0.2) is 0 Å². The second-order valence-corrected chi connectivity index (χ2v) is 4.55. The van der Waals surface area contributed by atoms with Crippen molar-refractivity contribution >= 4 is 17.2 Å². The van der Waals surface area contributed by atoms with Gasteiger partial charge in [0.25, 0.3) is 0 Å². The zero-order valence-electron chi connectivity index (χ0n) is 9.48. The first-order valence-electron chi connectivity index (χ1n) is 5.59. The normalized spacial score (nSPS) is 11.0. The van der Waals surface area contributed by atoms with Gasteiger partial charge < -0.3 is 4.40 Å². The van der Waals surface area contributed by atoms with Crippen molar-refractivity contribution in [3.63, 3.8) is 0 Å². The second-order valence-electron chi connectivity index (χ2n) is 4.11. The number of hydrogen-bond donors (Lipinski definition) is 0. The van der Waals surface area contributed by atoms with Gasteiger partial charge in [-0.05, 0) is 23.8 Å². The molecule has 0 amide bonds. The van der Waals surface area contributed by atoms with Gasteiger partial charge >= 0.3 is 0 Å². The number of nitrogens with zero attached hydrogens (tertiary/aromatic N) is 2. The van der Waals surface area contributed by atoms with Crippen LogP contribution in [0, 0.1) is 5.82 Å². The number of halogens is 2. The van der Waals surface area contributed by atoms with Crippen LogP contribution in [0.15, 0.2) is 48.8 Å². The predicted molar refractivity (Wildman–Crippen MR) is 69.4 cm³/mol. The minimum absolute atomic E-state index is 0.201. The number of imidazole rings is 1. The molecule has 0 fully saturated rings. The Balaban J connectivity index is 1.98. The summed E-state index contributed by atoms with van der Waals surface area (Å²) in [5, 5.41) is 0.644. The molecular formula is C14H10ClFN2. The van der Waals surface area contributed by atoms with E-state index >= 15 is 0 Å². The Labute approximate surface area is 109 Å². The highest BCUT2D eigenvalue weighted by molar-refractivity contribution is 6.30. The highest BCUT2D eigenvalue weighted by Gasteiger charge is 2.06. The van der Waals surface area contributed by atoms with E-state index in [1.54, 1.807) is 24.3 Å². The fourth-order valence-electron chi connectivity index (χ4n) is 1.93. The van der Waals surface area contributed by atoms with E-state index in [9.17, 15) is 4.39 Å². The third-order valence-electron chi connectivity index (χ3n) is 2.80. The Morgan fingerprint density at radius 2 is 2.06 bits per heavy atom. The van der Waals surface area contributed by atoms with Crippen molar-refractivity contribution in [1.82, 2.24) is 9.38 Å². The molecule has 0 saturated carbocycles. The minimum atomic E-state index is -0.201. The zero-order valence-corrected chi connectivity index (χ0v) is 10.2. The van der Waals surface area contributed by atoms with Gasteiger partial charge in [-0.15, -0.1) is 0 Å². The summed E-state index contributed by atoms with van der Waals surface area (Å²) in [4.78, 5) is 4.42. The summed E-state index contributed by atoms with van der Waals surface area (Å²) < 4.78 is 15.4. The van der Waals surface area contributed by atoms with Crippen molar-refractivity contribution in [3.8, 4) is 0 Å². The number of benzene rings is 1. The molecule has 0 bridgehead atoms. The van der Waals surface area contributed by atoms with Gasteiger partial charge in [-0.25, -0.2) is 9.37 Å². The Morgan fingerprint density at radius 3 is 2.89 bits per heavy atom. The molecule has 0 atom stereocenters. The SMILES string of the molecule is Fc1ccccc1Cc1cn2ccc(Cl)cc2n1. The smallest absolute Gasteiger partial charge is 0.138 e. The molecule has 2 heterocycles. The maximum absolute atomic E-state index is 13.5. The number of rotatable bonds is 2. The molecule has 0 aliphatic heterocycles. The van der Waals surface area contributed by atoms with Crippen molar-refractivity contribution in [3.05, 3.63) is 70.9 Å². The van der Waals surface area contributed by atoms with E-state index < -0.39 is 0 Å². The molecule has 0 aliphatic rings. The van der Waals surface area contributed by atoms with Crippen LogP contribution in [0.25, 0.3) is 5.65 Å². The van der Waals surface area contributed by atoms with Gasteiger partial charge in [-0.3, -0.25) is 0 Å². The average molecular weight is 261 g/mol. The lowest BCUT2D eigenvalue weighted by Crippen LogP contribution is -1.91. The molecule has 4 heteroatoms. The fraction of sp³-hybridized carbons (Fsp3) is 0.0714. The van der Waals surface area contributed by atoms with Crippen LogP contribution in [-0.4, -0.2) is 9.38 Å². The minimum Gasteiger partial charge on any atom is -0.307 e. The molecule has 18 heavy (non-hydrogen) atoms. The van der Waals surface area contributed by atoms with Gasteiger partial charge in [0.2, 0.25) is 0 Å². The lowest BCUT2D eigenvalue weighted by molar-refractivity contribution is 0.613. The molecule has 2 aromatic heterocycles. The Morgan fingerprint density at radius 1 is 1.22 bits per heavy atom. The van der Waals surface area contributed by atoms with Gasteiger partial charge in [-0.2, -0.15) is 0 Å². The zero-order chi connectivity index (χ0) is 12.5. The first kappa shape index (κ1) is 11.2. The van der Waals surface area contributed by atoms with Gasteiger partial charge in [-0.1, -0.05) is 29.8 Å². The van der Waals surface area contributed by atoms with Crippen LogP contribution in [0.3, 0.4) is 0 Å². The summed E-state index contributed by atoms with van der Waals surface area (Å²) in [6.07, 6.45) is 4.21. The first-order valence-corrected chi connectivity index (χ1v) is 5.97. The highest BCUT2D eigenvalue weighted by atomic mass is 35.5. The van der Waals surface area contributed by atoms with Crippen molar-refractivity contribution < 1.29 is 4.39 Å². The Kier molecular flexibility index (Phi) is 2.76. The molecular weight excluding hydrogens is 251 g/mol. The van der Waals surface area contributed by atoms with E-state index in [4.69, 9.17) is 11.6 Å². The van der Waals surface area contributed by atoms with E-state index in [0.29, 0.717) is 17.0 Å². The van der Waals surface area contributed by atoms with Crippen molar-refractivity contribution in [1.29, 1.82) is 0 Å². The molecule has 3 rings (SSSR count). The molecule has 1 aromatic carbocycles. The molecule has 3 aromatic rings. The third kappa shape index (κ3) is 2.09. The van der Waals surface area contributed by atoms with Crippen molar-refractivity contribution in [2.75, 3.05) is 0 Å².